The molecule has 0 aliphatic carbocycles. The lowest BCUT2D eigenvalue weighted by Gasteiger charge is -2.30. The third kappa shape index (κ3) is 3.79. The average Bonchev–Trinajstić information content (AvgIpc) is 2.25. The number of hydrazine groups is 1. The van der Waals surface area contributed by atoms with E-state index >= 15 is 0 Å². The Morgan fingerprint density at radius 2 is 1.88 bits per heavy atom. The summed E-state index contributed by atoms with van der Waals surface area (Å²) in [4.78, 5) is 0. The molecule has 1 rings (SSSR count). The molecule has 0 fully saturated rings. The van der Waals surface area contributed by atoms with E-state index in [9.17, 15) is 4.39 Å². The second kappa shape index (κ2) is 5.61. The minimum atomic E-state index is -0.198. The van der Waals surface area contributed by atoms with Gasteiger partial charge in [0.15, 0.2) is 0 Å². The molecule has 96 valence electrons. The highest BCUT2D eigenvalue weighted by Gasteiger charge is 2.25. The summed E-state index contributed by atoms with van der Waals surface area (Å²) in [6.07, 6.45) is 0.820. The summed E-state index contributed by atoms with van der Waals surface area (Å²) in [6.45, 7) is 8.73. The molecule has 0 saturated heterocycles. The van der Waals surface area contributed by atoms with E-state index in [0.29, 0.717) is 11.5 Å². The van der Waals surface area contributed by atoms with Crippen LogP contribution in [0.1, 0.15) is 45.7 Å². The van der Waals surface area contributed by atoms with Crippen molar-refractivity contribution in [1.82, 2.24) is 5.43 Å². The summed E-state index contributed by atoms with van der Waals surface area (Å²) in [5, 5.41) is 0. The van der Waals surface area contributed by atoms with Gasteiger partial charge in [-0.25, -0.2) is 4.39 Å². The molecular weight excluding hydrogens is 215 g/mol. The number of rotatable bonds is 4. The highest BCUT2D eigenvalue weighted by molar-refractivity contribution is 5.21. The standard InChI is InChI=1S/C14H23FN2/c1-10(14(2,3)4)9-13(17-16)11-7-5-6-8-12(11)15/h5-8,10,13,17H,9,16H2,1-4H3. The van der Waals surface area contributed by atoms with Crippen molar-refractivity contribution in [3.8, 4) is 0 Å². The van der Waals surface area contributed by atoms with Gasteiger partial charge in [-0.05, 0) is 23.8 Å². The quantitative estimate of drug-likeness (QED) is 0.623. The van der Waals surface area contributed by atoms with E-state index in [1.807, 2.05) is 6.07 Å². The van der Waals surface area contributed by atoms with Crippen LogP contribution in [0.2, 0.25) is 0 Å². The van der Waals surface area contributed by atoms with Crippen molar-refractivity contribution in [2.24, 2.45) is 17.2 Å². The Balaban J connectivity index is 2.83. The lowest BCUT2D eigenvalue weighted by Crippen LogP contribution is -2.32. The van der Waals surface area contributed by atoms with Gasteiger partial charge in [0.05, 0.1) is 0 Å². The van der Waals surface area contributed by atoms with Crippen LogP contribution in [0.4, 0.5) is 4.39 Å². The van der Waals surface area contributed by atoms with Gasteiger partial charge in [0.1, 0.15) is 5.82 Å². The number of nitrogens with one attached hydrogen (secondary N) is 1. The maximum Gasteiger partial charge on any atom is 0.128 e. The van der Waals surface area contributed by atoms with Crippen molar-refractivity contribution in [3.63, 3.8) is 0 Å². The molecule has 0 aliphatic rings. The molecule has 0 heterocycles. The summed E-state index contributed by atoms with van der Waals surface area (Å²) < 4.78 is 13.7. The first-order chi connectivity index (χ1) is 7.86. The summed E-state index contributed by atoms with van der Waals surface area (Å²) >= 11 is 0. The molecule has 2 unspecified atom stereocenters. The van der Waals surface area contributed by atoms with E-state index in [0.717, 1.165) is 6.42 Å². The van der Waals surface area contributed by atoms with E-state index in [1.165, 1.54) is 6.07 Å². The van der Waals surface area contributed by atoms with Gasteiger partial charge < -0.3 is 0 Å². The number of nitrogens with two attached hydrogens (primary N) is 1. The van der Waals surface area contributed by atoms with Crippen molar-refractivity contribution >= 4 is 0 Å². The molecule has 0 aliphatic heterocycles. The number of benzene rings is 1. The lowest BCUT2D eigenvalue weighted by atomic mass is 9.77. The minimum Gasteiger partial charge on any atom is -0.271 e. The van der Waals surface area contributed by atoms with Crippen LogP contribution in [0.5, 0.6) is 0 Å². The van der Waals surface area contributed by atoms with Crippen molar-refractivity contribution in [3.05, 3.63) is 35.6 Å². The van der Waals surface area contributed by atoms with Crippen LogP contribution in [0.25, 0.3) is 0 Å². The predicted molar refractivity (Wildman–Crippen MR) is 69.7 cm³/mol. The summed E-state index contributed by atoms with van der Waals surface area (Å²) in [6, 6.07) is 6.66. The minimum absolute atomic E-state index is 0.134. The fourth-order valence-corrected chi connectivity index (χ4v) is 1.75. The largest absolute Gasteiger partial charge is 0.271 e. The molecule has 1 aromatic rings. The fraction of sp³-hybridized carbons (Fsp3) is 0.571. The third-order valence-corrected chi connectivity index (χ3v) is 3.55. The molecule has 17 heavy (non-hydrogen) atoms. The van der Waals surface area contributed by atoms with Crippen molar-refractivity contribution < 1.29 is 4.39 Å². The van der Waals surface area contributed by atoms with Gasteiger partial charge in [0, 0.05) is 11.6 Å². The number of hydrogen-bond donors (Lipinski definition) is 2. The van der Waals surface area contributed by atoms with Crippen LogP contribution in [-0.2, 0) is 0 Å². The highest BCUT2D eigenvalue weighted by atomic mass is 19.1. The molecule has 3 N–H and O–H groups in total. The van der Waals surface area contributed by atoms with Gasteiger partial charge in [-0.3, -0.25) is 11.3 Å². The zero-order chi connectivity index (χ0) is 13.1. The molecule has 2 nitrogen and oxygen atoms in total. The topological polar surface area (TPSA) is 38.0 Å². The average molecular weight is 238 g/mol. The van der Waals surface area contributed by atoms with E-state index in [-0.39, 0.29) is 17.3 Å². The van der Waals surface area contributed by atoms with E-state index < -0.39 is 0 Å². The fourth-order valence-electron chi connectivity index (χ4n) is 1.75. The molecular formula is C14H23FN2. The zero-order valence-electron chi connectivity index (χ0n) is 11.1. The summed E-state index contributed by atoms with van der Waals surface area (Å²) in [5.41, 5.74) is 3.56. The smallest absolute Gasteiger partial charge is 0.128 e. The molecule has 0 aromatic heterocycles. The predicted octanol–water partition coefficient (Wildman–Crippen LogP) is 3.40. The van der Waals surface area contributed by atoms with Gasteiger partial charge >= 0.3 is 0 Å². The van der Waals surface area contributed by atoms with Crippen LogP contribution in [-0.4, -0.2) is 0 Å². The summed E-state index contributed by atoms with van der Waals surface area (Å²) in [5.74, 6) is 5.80. The Hall–Kier alpha value is -0.930. The third-order valence-electron chi connectivity index (χ3n) is 3.55. The van der Waals surface area contributed by atoms with Crippen LogP contribution < -0.4 is 11.3 Å². The first-order valence-corrected chi connectivity index (χ1v) is 6.06. The monoisotopic (exact) mass is 238 g/mol. The molecule has 0 radical (unpaired) electrons. The Kier molecular flexibility index (Phi) is 4.66. The van der Waals surface area contributed by atoms with Crippen LogP contribution in [0.3, 0.4) is 0 Å². The summed E-state index contributed by atoms with van der Waals surface area (Å²) in [7, 11) is 0. The Bertz CT molecular complexity index is 357. The van der Waals surface area contributed by atoms with Crippen molar-refractivity contribution in [2.45, 2.75) is 40.2 Å². The SMILES string of the molecule is CC(CC(NN)c1ccccc1F)C(C)(C)C. The Morgan fingerprint density at radius 3 is 2.35 bits per heavy atom. The van der Waals surface area contributed by atoms with E-state index in [4.69, 9.17) is 5.84 Å². The first-order valence-electron chi connectivity index (χ1n) is 6.06. The lowest BCUT2D eigenvalue weighted by molar-refractivity contribution is 0.222. The van der Waals surface area contributed by atoms with Gasteiger partial charge in [-0.1, -0.05) is 45.9 Å². The molecule has 0 spiro atoms. The number of hydrogen-bond acceptors (Lipinski definition) is 2. The molecule has 0 bridgehead atoms. The van der Waals surface area contributed by atoms with Gasteiger partial charge in [-0.2, -0.15) is 0 Å². The number of halogens is 1. The van der Waals surface area contributed by atoms with Crippen LogP contribution in [0, 0.1) is 17.2 Å². The zero-order valence-corrected chi connectivity index (χ0v) is 11.1. The van der Waals surface area contributed by atoms with Crippen molar-refractivity contribution in [2.75, 3.05) is 0 Å². The molecule has 0 saturated carbocycles. The van der Waals surface area contributed by atoms with Crippen molar-refractivity contribution in [1.29, 1.82) is 0 Å². The first kappa shape index (κ1) is 14.1. The van der Waals surface area contributed by atoms with Crippen LogP contribution >= 0.6 is 0 Å². The Morgan fingerprint density at radius 1 is 1.29 bits per heavy atom. The van der Waals surface area contributed by atoms with Gasteiger partial charge in [-0.15, -0.1) is 0 Å². The van der Waals surface area contributed by atoms with Gasteiger partial charge in [0.25, 0.3) is 0 Å². The van der Waals surface area contributed by atoms with Crippen LogP contribution in [0.15, 0.2) is 24.3 Å². The maximum absolute atomic E-state index is 13.7. The molecule has 1 aromatic carbocycles. The van der Waals surface area contributed by atoms with E-state index in [2.05, 4.69) is 33.1 Å². The molecule has 0 amide bonds. The van der Waals surface area contributed by atoms with E-state index in [1.54, 1.807) is 12.1 Å². The van der Waals surface area contributed by atoms with Gasteiger partial charge in [0.2, 0.25) is 0 Å². The second-order valence-electron chi connectivity index (χ2n) is 5.74. The second-order valence-corrected chi connectivity index (χ2v) is 5.74. The Labute approximate surface area is 103 Å². The molecule has 3 heteroatoms. The maximum atomic E-state index is 13.7. The normalized spacial score (nSPS) is 15.6. The molecule has 2 atom stereocenters. The highest BCUT2D eigenvalue weighted by Crippen LogP contribution is 2.33.